The van der Waals surface area contributed by atoms with E-state index in [9.17, 15) is 16.8 Å². The lowest BCUT2D eigenvalue weighted by atomic mass is 10.3. The zero-order valence-electron chi connectivity index (χ0n) is 9.88. The van der Waals surface area contributed by atoms with Gasteiger partial charge in [-0.2, -0.15) is 0 Å². The van der Waals surface area contributed by atoms with E-state index in [1.165, 1.54) is 18.2 Å². The van der Waals surface area contributed by atoms with E-state index < -0.39 is 25.9 Å². The van der Waals surface area contributed by atoms with Crippen LogP contribution < -0.4 is 10.5 Å². The fraction of sp³-hybridized carbons (Fsp3) is 0.200. The number of nitrogens with two attached hydrogens (primary N) is 1. The first-order valence-electron chi connectivity index (χ1n) is 5.28. The van der Waals surface area contributed by atoms with Gasteiger partial charge in [0.1, 0.15) is 4.90 Å². The minimum atomic E-state index is -4.06. The Labute approximate surface area is 126 Å². The average Bonchev–Trinajstić information content (AvgIpc) is 2.54. The largest absolute Gasteiger partial charge is 0.399 e. The zero-order chi connectivity index (χ0) is 15.1. The Balaban J connectivity index is 2.36. The third-order valence-electron chi connectivity index (χ3n) is 2.53. The first kappa shape index (κ1) is 15.6. The first-order valence-corrected chi connectivity index (χ1v) is 9.24. The molecule has 0 saturated carbocycles. The minimum absolute atomic E-state index is 0.132. The molecule has 110 valence electrons. The van der Waals surface area contributed by atoms with Gasteiger partial charge < -0.3 is 5.73 Å². The lowest BCUT2D eigenvalue weighted by Gasteiger charge is -2.13. The van der Waals surface area contributed by atoms with Crippen LogP contribution >= 0.6 is 23.2 Å². The van der Waals surface area contributed by atoms with E-state index in [2.05, 4.69) is 4.72 Å². The molecule has 0 saturated heterocycles. The summed E-state index contributed by atoms with van der Waals surface area (Å²) in [5, 5.41) is 0.700. The summed E-state index contributed by atoms with van der Waals surface area (Å²) in [6, 6.07) is 1.65. The van der Waals surface area contributed by atoms with Crippen LogP contribution in [0, 0.1) is 0 Å². The Bertz CT molecular complexity index is 764. The van der Waals surface area contributed by atoms with Crippen molar-refractivity contribution in [1.82, 2.24) is 4.72 Å². The van der Waals surface area contributed by atoms with Gasteiger partial charge in [-0.1, -0.05) is 29.3 Å². The molecule has 20 heavy (non-hydrogen) atoms. The number of sulfonamides is 1. The van der Waals surface area contributed by atoms with Gasteiger partial charge in [0.2, 0.25) is 10.0 Å². The highest BCUT2D eigenvalue weighted by Gasteiger charge is 2.29. The number of hydrogen-bond donors (Lipinski definition) is 2. The van der Waals surface area contributed by atoms with E-state index in [1.807, 2.05) is 0 Å². The van der Waals surface area contributed by atoms with Crippen LogP contribution in [0.3, 0.4) is 0 Å². The van der Waals surface area contributed by atoms with Gasteiger partial charge in [0.05, 0.1) is 21.8 Å². The van der Waals surface area contributed by atoms with Crippen LogP contribution in [-0.2, 0) is 19.9 Å². The quantitative estimate of drug-likeness (QED) is 0.790. The number of anilines is 1. The topological polar surface area (TPSA) is 106 Å². The molecule has 1 atom stereocenters. The van der Waals surface area contributed by atoms with Crippen molar-refractivity contribution < 1.29 is 16.8 Å². The first-order chi connectivity index (χ1) is 9.11. The molecule has 0 amide bonds. The highest BCUT2D eigenvalue weighted by Crippen LogP contribution is 2.32. The molecule has 2 rings (SSSR count). The lowest BCUT2D eigenvalue weighted by Crippen LogP contribution is -2.35. The number of benzene rings is 1. The van der Waals surface area contributed by atoms with Gasteiger partial charge in [-0.3, -0.25) is 0 Å². The molecule has 6 nitrogen and oxygen atoms in total. The number of rotatable bonds is 3. The predicted octanol–water partition coefficient (Wildman–Crippen LogP) is 1.16. The molecule has 3 N–H and O–H groups in total. The van der Waals surface area contributed by atoms with Crippen LogP contribution in [0.1, 0.15) is 0 Å². The van der Waals surface area contributed by atoms with Crippen LogP contribution in [-0.4, -0.2) is 28.6 Å². The third kappa shape index (κ3) is 3.26. The van der Waals surface area contributed by atoms with Crippen LogP contribution in [0.4, 0.5) is 5.69 Å². The van der Waals surface area contributed by atoms with Gasteiger partial charge in [0, 0.05) is 11.1 Å². The third-order valence-corrected chi connectivity index (χ3v) is 6.33. The molecule has 1 aromatic rings. The van der Waals surface area contributed by atoms with Gasteiger partial charge >= 0.3 is 0 Å². The van der Waals surface area contributed by atoms with E-state index in [4.69, 9.17) is 28.9 Å². The standard InChI is InChI=1S/C10H10Cl2N2O4S2/c11-8-3-6(13)4-9(12)10(8)20(17,18)14-7-1-2-19(15,16)5-7/h1-4,7,14H,5,13H2. The molecule has 0 bridgehead atoms. The summed E-state index contributed by atoms with van der Waals surface area (Å²) in [7, 11) is -7.43. The fourth-order valence-corrected chi connectivity index (χ4v) is 5.51. The summed E-state index contributed by atoms with van der Waals surface area (Å²) >= 11 is 11.7. The van der Waals surface area contributed by atoms with Gasteiger partial charge in [0.25, 0.3) is 0 Å². The van der Waals surface area contributed by atoms with Crippen molar-refractivity contribution in [1.29, 1.82) is 0 Å². The molecule has 0 aromatic heterocycles. The summed E-state index contributed by atoms with van der Waals surface area (Å²) in [4.78, 5) is -0.326. The van der Waals surface area contributed by atoms with Crippen LogP contribution in [0.2, 0.25) is 10.0 Å². The fourth-order valence-electron chi connectivity index (χ4n) is 1.74. The molecule has 1 aliphatic heterocycles. The molecule has 0 spiro atoms. The van der Waals surface area contributed by atoms with Crippen molar-refractivity contribution in [2.24, 2.45) is 0 Å². The summed E-state index contributed by atoms with van der Waals surface area (Å²) in [5.74, 6) is -0.337. The van der Waals surface area contributed by atoms with Crippen LogP contribution in [0.5, 0.6) is 0 Å². The van der Waals surface area contributed by atoms with Gasteiger partial charge in [-0.05, 0) is 12.1 Å². The van der Waals surface area contributed by atoms with Gasteiger partial charge in [-0.25, -0.2) is 21.6 Å². The Hall–Kier alpha value is -0.800. The van der Waals surface area contributed by atoms with Crippen LogP contribution in [0.15, 0.2) is 28.5 Å². The Morgan fingerprint density at radius 1 is 1.25 bits per heavy atom. The number of hydrogen-bond acceptors (Lipinski definition) is 5. The minimum Gasteiger partial charge on any atom is -0.399 e. The Morgan fingerprint density at radius 2 is 1.80 bits per heavy atom. The molecule has 10 heteroatoms. The Kier molecular flexibility index (Phi) is 4.05. The second-order valence-corrected chi connectivity index (χ2v) is 8.60. The lowest BCUT2D eigenvalue weighted by molar-refractivity contribution is 0.575. The smallest absolute Gasteiger partial charge is 0.244 e. The van der Waals surface area contributed by atoms with Crippen molar-refractivity contribution in [2.75, 3.05) is 11.5 Å². The van der Waals surface area contributed by atoms with Crippen molar-refractivity contribution in [3.8, 4) is 0 Å². The summed E-state index contributed by atoms with van der Waals surface area (Å²) in [5.41, 5.74) is 5.72. The van der Waals surface area contributed by atoms with E-state index in [1.54, 1.807) is 0 Å². The van der Waals surface area contributed by atoms with Crippen molar-refractivity contribution >= 4 is 48.7 Å². The molecule has 1 aromatic carbocycles. The van der Waals surface area contributed by atoms with Gasteiger partial charge in [0.15, 0.2) is 9.84 Å². The number of nitrogen functional groups attached to an aromatic ring is 1. The summed E-state index contributed by atoms with van der Waals surface area (Å²) < 4.78 is 49.1. The highest BCUT2D eigenvalue weighted by molar-refractivity contribution is 7.94. The van der Waals surface area contributed by atoms with Crippen molar-refractivity contribution in [3.63, 3.8) is 0 Å². The maximum Gasteiger partial charge on any atom is 0.244 e. The van der Waals surface area contributed by atoms with E-state index >= 15 is 0 Å². The summed E-state index contributed by atoms with van der Waals surface area (Å²) in [6.07, 6.45) is 1.26. The monoisotopic (exact) mass is 356 g/mol. The van der Waals surface area contributed by atoms with E-state index in [0.717, 1.165) is 5.41 Å². The Morgan fingerprint density at radius 3 is 2.25 bits per heavy atom. The molecular weight excluding hydrogens is 347 g/mol. The number of sulfone groups is 1. The number of halogens is 2. The second kappa shape index (κ2) is 5.19. The SMILES string of the molecule is Nc1cc(Cl)c(S(=O)(=O)NC2C=CS(=O)(=O)C2)c(Cl)c1. The van der Waals surface area contributed by atoms with Crippen LogP contribution in [0.25, 0.3) is 0 Å². The van der Waals surface area contributed by atoms with Gasteiger partial charge in [-0.15, -0.1) is 0 Å². The average molecular weight is 357 g/mol. The molecule has 0 aliphatic carbocycles. The molecule has 1 aliphatic rings. The molecule has 1 heterocycles. The van der Waals surface area contributed by atoms with Crippen molar-refractivity contribution in [2.45, 2.75) is 10.9 Å². The zero-order valence-corrected chi connectivity index (χ0v) is 13.0. The number of nitrogens with one attached hydrogen (secondary N) is 1. The molecule has 0 fully saturated rings. The van der Waals surface area contributed by atoms with Crippen molar-refractivity contribution in [3.05, 3.63) is 33.7 Å². The summed E-state index contributed by atoms with van der Waals surface area (Å²) in [6.45, 7) is 0. The molecular formula is C10H10Cl2N2O4S2. The normalized spacial score (nSPS) is 21.2. The maximum absolute atomic E-state index is 12.2. The molecule has 0 radical (unpaired) electrons. The highest BCUT2D eigenvalue weighted by atomic mass is 35.5. The molecule has 1 unspecified atom stereocenters. The van der Waals surface area contributed by atoms with E-state index in [-0.39, 0.29) is 26.4 Å². The van der Waals surface area contributed by atoms with E-state index in [0.29, 0.717) is 0 Å². The predicted molar refractivity (Wildman–Crippen MR) is 77.9 cm³/mol. The maximum atomic E-state index is 12.2. The second-order valence-electron chi connectivity index (χ2n) is 4.20.